The van der Waals surface area contributed by atoms with Gasteiger partial charge in [-0.05, 0) is 35.8 Å². The van der Waals surface area contributed by atoms with Crippen molar-refractivity contribution < 1.29 is 4.39 Å². The molecule has 0 bridgehead atoms. The second-order valence-corrected chi connectivity index (χ2v) is 6.39. The Balaban J connectivity index is 1.88. The minimum atomic E-state index is -0.257. The summed E-state index contributed by atoms with van der Waals surface area (Å²) < 4.78 is 13.3. The Hall–Kier alpha value is -3.01. The zero-order chi connectivity index (χ0) is 17.4. The van der Waals surface area contributed by atoms with E-state index in [1.807, 2.05) is 0 Å². The van der Waals surface area contributed by atoms with Crippen LogP contribution >= 0.6 is 0 Å². The molecule has 0 fully saturated rings. The summed E-state index contributed by atoms with van der Waals surface area (Å²) in [6, 6.07) is 15.0. The number of anilines is 1. The number of hydrogen-bond acceptors (Lipinski definition) is 3. The molecule has 1 aliphatic rings. The van der Waals surface area contributed by atoms with Crippen molar-refractivity contribution in [2.45, 2.75) is 19.3 Å². The maximum Gasteiger partial charge on any atom is 0.134 e. The number of hydrogen-bond donors (Lipinski definition) is 1. The van der Waals surface area contributed by atoms with Crippen molar-refractivity contribution in [3.05, 3.63) is 94.7 Å². The number of nitrogens with zero attached hydrogens (tertiary/aromatic N) is 2. The molecule has 0 amide bonds. The third-order valence-electron chi connectivity index (χ3n) is 4.63. The number of nitrogens with two attached hydrogens (primary N) is 1. The maximum absolute atomic E-state index is 13.3. The molecule has 1 aliphatic carbocycles. The molecule has 0 spiro atoms. The zero-order valence-corrected chi connectivity index (χ0v) is 13.9. The normalized spacial score (nSPS) is 16.2. The van der Waals surface area contributed by atoms with Gasteiger partial charge < -0.3 is 5.73 Å². The quantitative estimate of drug-likeness (QED) is 0.762. The molecule has 25 heavy (non-hydrogen) atoms. The van der Waals surface area contributed by atoms with Gasteiger partial charge in [-0.1, -0.05) is 48.0 Å². The molecule has 4 rings (SSSR count). The van der Waals surface area contributed by atoms with E-state index in [0.717, 1.165) is 28.8 Å². The lowest BCUT2D eigenvalue weighted by Crippen LogP contribution is -2.14. The number of benzene rings is 2. The van der Waals surface area contributed by atoms with Crippen LogP contribution in [0.3, 0.4) is 0 Å². The Kier molecular flexibility index (Phi) is 3.80. The van der Waals surface area contributed by atoms with Gasteiger partial charge in [0.1, 0.15) is 18.0 Å². The second kappa shape index (κ2) is 6.13. The average Bonchev–Trinajstić information content (AvgIpc) is 2.62. The number of nitrogen functional groups attached to an aromatic ring is 1. The molecule has 2 aromatic carbocycles. The minimum absolute atomic E-state index is 0.196. The Bertz CT molecular complexity index is 961. The summed E-state index contributed by atoms with van der Waals surface area (Å²) in [4.78, 5) is 8.61. The van der Waals surface area contributed by atoms with Crippen LogP contribution in [-0.4, -0.2) is 9.97 Å². The van der Waals surface area contributed by atoms with Gasteiger partial charge in [0, 0.05) is 17.9 Å². The van der Waals surface area contributed by atoms with Crippen LogP contribution in [0.4, 0.5) is 10.2 Å². The van der Waals surface area contributed by atoms with E-state index in [-0.39, 0.29) is 11.7 Å². The highest BCUT2D eigenvalue weighted by atomic mass is 19.1. The number of allylic oxidation sites excluding steroid dienone is 1. The Morgan fingerprint density at radius 2 is 1.88 bits per heavy atom. The molecule has 3 aromatic rings. The first-order chi connectivity index (χ1) is 12.1. The second-order valence-electron chi connectivity index (χ2n) is 6.39. The summed E-state index contributed by atoms with van der Waals surface area (Å²) in [6.07, 6.45) is 4.48. The van der Waals surface area contributed by atoms with Crippen LogP contribution < -0.4 is 5.73 Å². The topological polar surface area (TPSA) is 51.8 Å². The summed E-state index contributed by atoms with van der Waals surface area (Å²) >= 11 is 0. The van der Waals surface area contributed by atoms with E-state index in [1.165, 1.54) is 29.6 Å². The lowest BCUT2D eigenvalue weighted by atomic mass is 9.81. The number of fused-ring (bicyclic) bond motifs is 1. The average molecular weight is 331 g/mol. The van der Waals surface area contributed by atoms with Gasteiger partial charge >= 0.3 is 0 Å². The van der Waals surface area contributed by atoms with Crippen molar-refractivity contribution in [2.75, 3.05) is 5.73 Å². The molecule has 1 atom stereocenters. The number of aryl methyl sites for hydroxylation is 1. The van der Waals surface area contributed by atoms with E-state index in [2.05, 4.69) is 47.2 Å². The molecule has 2 N–H and O–H groups in total. The number of rotatable bonds is 2. The third kappa shape index (κ3) is 2.91. The predicted molar refractivity (Wildman–Crippen MR) is 97.5 cm³/mol. The van der Waals surface area contributed by atoms with Crippen LogP contribution in [0.1, 0.15) is 33.9 Å². The summed E-state index contributed by atoms with van der Waals surface area (Å²) in [5.74, 6) is 0.401. The molecule has 0 saturated carbocycles. The van der Waals surface area contributed by atoms with Crippen LogP contribution in [0, 0.1) is 12.7 Å². The fourth-order valence-corrected chi connectivity index (χ4v) is 3.42. The van der Waals surface area contributed by atoms with E-state index in [1.54, 1.807) is 12.1 Å². The van der Waals surface area contributed by atoms with E-state index in [0.29, 0.717) is 5.82 Å². The Morgan fingerprint density at radius 1 is 1.08 bits per heavy atom. The fraction of sp³-hybridized carbons (Fsp3) is 0.143. The third-order valence-corrected chi connectivity index (χ3v) is 4.63. The van der Waals surface area contributed by atoms with Crippen LogP contribution in [0.25, 0.3) is 5.57 Å². The lowest BCUT2D eigenvalue weighted by Gasteiger charge is -2.25. The molecule has 0 saturated heterocycles. The van der Waals surface area contributed by atoms with Gasteiger partial charge in [0.2, 0.25) is 0 Å². The number of aromatic nitrogens is 2. The molecular formula is C21H18FN3. The molecular weight excluding hydrogens is 313 g/mol. The van der Waals surface area contributed by atoms with E-state index in [4.69, 9.17) is 5.73 Å². The summed E-state index contributed by atoms with van der Waals surface area (Å²) in [7, 11) is 0. The molecule has 0 radical (unpaired) electrons. The zero-order valence-electron chi connectivity index (χ0n) is 13.9. The van der Waals surface area contributed by atoms with Gasteiger partial charge in [-0.25, -0.2) is 14.4 Å². The molecule has 124 valence electrons. The standard InChI is InChI=1S/C21H18FN3/c1-13-3-2-4-15(9-13)16-10-18(14-5-7-17(22)8-6-14)20-19(11-16)24-12-25-21(20)23/h2-10,12,16H,11H2,1H3,(H2,23,24,25). The highest BCUT2D eigenvalue weighted by molar-refractivity contribution is 5.87. The van der Waals surface area contributed by atoms with Gasteiger partial charge in [0.15, 0.2) is 0 Å². The van der Waals surface area contributed by atoms with Gasteiger partial charge in [-0.15, -0.1) is 0 Å². The van der Waals surface area contributed by atoms with Crippen molar-refractivity contribution >= 4 is 11.4 Å². The van der Waals surface area contributed by atoms with Gasteiger partial charge in [-0.2, -0.15) is 0 Å². The van der Waals surface area contributed by atoms with E-state index < -0.39 is 0 Å². The van der Waals surface area contributed by atoms with Crippen molar-refractivity contribution in [1.29, 1.82) is 0 Å². The van der Waals surface area contributed by atoms with Crippen molar-refractivity contribution in [1.82, 2.24) is 9.97 Å². The smallest absolute Gasteiger partial charge is 0.134 e. The molecule has 1 heterocycles. The molecule has 4 heteroatoms. The number of halogens is 1. The van der Waals surface area contributed by atoms with Crippen LogP contribution in [-0.2, 0) is 6.42 Å². The van der Waals surface area contributed by atoms with Crippen molar-refractivity contribution in [3.63, 3.8) is 0 Å². The first kappa shape index (κ1) is 15.5. The summed E-state index contributed by atoms with van der Waals surface area (Å²) in [6.45, 7) is 2.09. The largest absolute Gasteiger partial charge is 0.383 e. The first-order valence-electron chi connectivity index (χ1n) is 8.26. The van der Waals surface area contributed by atoms with Crippen molar-refractivity contribution in [2.24, 2.45) is 0 Å². The Morgan fingerprint density at radius 3 is 2.64 bits per heavy atom. The van der Waals surface area contributed by atoms with E-state index in [9.17, 15) is 4.39 Å². The van der Waals surface area contributed by atoms with Crippen LogP contribution in [0.2, 0.25) is 0 Å². The van der Waals surface area contributed by atoms with Gasteiger partial charge in [0.25, 0.3) is 0 Å². The predicted octanol–water partition coefficient (Wildman–Crippen LogP) is 4.28. The lowest BCUT2D eigenvalue weighted by molar-refractivity contribution is 0.627. The molecule has 0 aliphatic heterocycles. The highest BCUT2D eigenvalue weighted by Gasteiger charge is 2.25. The van der Waals surface area contributed by atoms with Crippen LogP contribution in [0.5, 0.6) is 0 Å². The highest BCUT2D eigenvalue weighted by Crippen LogP contribution is 2.39. The van der Waals surface area contributed by atoms with Gasteiger partial charge in [-0.3, -0.25) is 0 Å². The van der Waals surface area contributed by atoms with E-state index >= 15 is 0 Å². The maximum atomic E-state index is 13.3. The molecule has 1 aromatic heterocycles. The van der Waals surface area contributed by atoms with Gasteiger partial charge in [0.05, 0.1) is 5.69 Å². The molecule has 1 unspecified atom stereocenters. The summed E-state index contributed by atoms with van der Waals surface area (Å²) in [5.41, 5.74) is 12.3. The van der Waals surface area contributed by atoms with Crippen molar-refractivity contribution in [3.8, 4) is 0 Å². The monoisotopic (exact) mass is 331 g/mol. The Labute approximate surface area is 146 Å². The minimum Gasteiger partial charge on any atom is -0.383 e. The summed E-state index contributed by atoms with van der Waals surface area (Å²) in [5, 5.41) is 0. The first-order valence-corrected chi connectivity index (χ1v) is 8.26. The molecule has 3 nitrogen and oxygen atoms in total. The SMILES string of the molecule is Cc1cccc(C2C=C(c3ccc(F)cc3)c3c(N)ncnc3C2)c1. The van der Waals surface area contributed by atoms with Crippen LogP contribution in [0.15, 0.2) is 60.9 Å². The fourth-order valence-electron chi connectivity index (χ4n) is 3.42.